The molecular weight excluding hydrogens is 306 g/mol. The summed E-state index contributed by atoms with van der Waals surface area (Å²) in [6.45, 7) is 4.24. The minimum Gasteiger partial charge on any atom is -0.246 e. The summed E-state index contributed by atoms with van der Waals surface area (Å²) in [5, 5.41) is 1.28. The van der Waals surface area contributed by atoms with Crippen molar-refractivity contribution in [3.05, 3.63) is 51.5 Å². The van der Waals surface area contributed by atoms with Crippen molar-refractivity contribution in [1.82, 2.24) is 4.98 Å². The minimum absolute atomic E-state index is 0.459. The predicted molar refractivity (Wildman–Crippen MR) is 82.6 cm³/mol. The average Bonchev–Trinajstić information content (AvgIpc) is 2.69. The first-order valence-electron chi connectivity index (χ1n) is 6.28. The van der Waals surface area contributed by atoms with Crippen molar-refractivity contribution in [1.29, 1.82) is 0 Å². The lowest BCUT2D eigenvalue weighted by Crippen LogP contribution is -1.92. The Hall–Kier alpha value is -0.670. The van der Waals surface area contributed by atoms with Gasteiger partial charge >= 0.3 is 0 Å². The second kappa shape index (κ2) is 6.48. The third kappa shape index (κ3) is 3.66. The molecule has 2 rings (SSSR count). The summed E-state index contributed by atoms with van der Waals surface area (Å²) in [4.78, 5) is 6.39. The van der Waals surface area contributed by atoms with Crippen molar-refractivity contribution >= 4 is 27.3 Å². The first kappa shape index (κ1) is 13.8. The molecule has 0 saturated carbocycles. The molecule has 1 heterocycles. The van der Waals surface area contributed by atoms with Gasteiger partial charge in [0.2, 0.25) is 0 Å². The molecule has 0 N–H and O–H groups in total. The van der Waals surface area contributed by atoms with E-state index in [0.29, 0.717) is 4.83 Å². The lowest BCUT2D eigenvalue weighted by Gasteiger charge is -2.08. The van der Waals surface area contributed by atoms with E-state index in [1.165, 1.54) is 27.6 Å². The fourth-order valence-electron chi connectivity index (χ4n) is 1.91. The number of aryl methyl sites for hydroxylation is 3. The molecule has 1 atom stereocenters. The molecule has 2 aromatic rings. The van der Waals surface area contributed by atoms with Crippen LogP contribution < -0.4 is 0 Å². The fourth-order valence-corrected chi connectivity index (χ4v) is 3.51. The highest BCUT2D eigenvalue weighted by Gasteiger charge is 2.08. The van der Waals surface area contributed by atoms with E-state index in [1.807, 2.05) is 11.3 Å². The van der Waals surface area contributed by atoms with E-state index in [-0.39, 0.29) is 0 Å². The number of halogens is 1. The summed E-state index contributed by atoms with van der Waals surface area (Å²) in [6, 6.07) is 10.6. The van der Waals surface area contributed by atoms with Crippen LogP contribution in [0.4, 0.5) is 0 Å². The van der Waals surface area contributed by atoms with Crippen molar-refractivity contribution < 1.29 is 0 Å². The van der Waals surface area contributed by atoms with E-state index in [1.54, 1.807) is 0 Å². The Morgan fingerprint density at radius 2 is 1.94 bits per heavy atom. The van der Waals surface area contributed by atoms with Gasteiger partial charge in [0, 0.05) is 9.70 Å². The van der Waals surface area contributed by atoms with Crippen LogP contribution in [0, 0.1) is 13.8 Å². The Morgan fingerprint density at radius 3 is 2.56 bits per heavy atom. The molecule has 1 aromatic carbocycles. The van der Waals surface area contributed by atoms with E-state index in [0.717, 1.165) is 12.8 Å². The molecule has 0 amide bonds. The third-order valence-corrected chi connectivity index (χ3v) is 5.20. The van der Waals surface area contributed by atoms with E-state index < -0.39 is 0 Å². The van der Waals surface area contributed by atoms with Gasteiger partial charge in [-0.2, -0.15) is 0 Å². The van der Waals surface area contributed by atoms with Crippen LogP contribution in [0.1, 0.15) is 38.8 Å². The van der Waals surface area contributed by atoms with Gasteiger partial charge in [0.05, 0.1) is 10.7 Å². The van der Waals surface area contributed by atoms with Crippen LogP contribution in [0.5, 0.6) is 0 Å². The lowest BCUT2D eigenvalue weighted by atomic mass is 10.1. The summed E-state index contributed by atoms with van der Waals surface area (Å²) in [5.74, 6) is 0. The molecule has 0 radical (unpaired) electrons. The summed E-state index contributed by atoms with van der Waals surface area (Å²) < 4.78 is 0. The third-order valence-electron chi connectivity index (χ3n) is 3.08. The second-order valence-corrected chi connectivity index (χ2v) is 6.91. The Kier molecular flexibility index (Phi) is 4.95. The van der Waals surface area contributed by atoms with Crippen molar-refractivity contribution in [3.63, 3.8) is 0 Å². The fraction of sp³-hybridized carbons (Fsp3) is 0.400. The van der Waals surface area contributed by atoms with Crippen LogP contribution in [0.25, 0.3) is 0 Å². The SMILES string of the molecule is Cc1nc(CCCC(Br)c2ccccc2)sc1C. The maximum Gasteiger partial charge on any atom is 0.0930 e. The van der Waals surface area contributed by atoms with Crippen LogP contribution in [0.2, 0.25) is 0 Å². The summed E-state index contributed by atoms with van der Waals surface area (Å²) in [5.41, 5.74) is 2.55. The number of thiazole rings is 1. The van der Waals surface area contributed by atoms with E-state index in [9.17, 15) is 0 Å². The predicted octanol–water partition coefficient (Wildman–Crippen LogP) is 5.22. The van der Waals surface area contributed by atoms with E-state index >= 15 is 0 Å². The maximum atomic E-state index is 4.58. The molecule has 0 aliphatic heterocycles. The molecule has 1 aromatic heterocycles. The van der Waals surface area contributed by atoms with Gasteiger partial charge in [0.25, 0.3) is 0 Å². The first-order chi connectivity index (χ1) is 8.66. The zero-order valence-corrected chi connectivity index (χ0v) is 13.2. The summed E-state index contributed by atoms with van der Waals surface area (Å²) in [6.07, 6.45) is 3.42. The quantitative estimate of drug-likeness (QED) is 0.687. The molecule has 96 valence electrons. The number of hydrogen-bond donors (Lipinski definition) is 0. The molecule has 0 aliphatic rings. The van der Waals surface area contributed by atoms with Crippen molar-refractivity contribution in [3.8, 4) is 0 Å². The van der Waals surface area contributed by atoms with Crippen molar-refractivity contribution in [2.24, 2.45) is 0 Å². The van der Waals surface area contributed by atoms with Crippen molar-refractivity contribution in [2.45, 2.75) is 37.9 Å². The topological polar surface area (TPSA) is 12.9 Å². The van der Waals surface area contributed by atoms with Crippen LogP contribution in [0.15, 0.2) is 30.3 Å². The zero-order valence-electron chi connectivity index (χ0n) is 10.8. The van der Waals surface area contributed by atoms with Gasteiger partial charge < -0.3 is 0 Å². The molecule has 0 saturated heterocycles. The van der Waals surface area contributed by atoms with Gasteiger partial charge in [-0.05, 0) is 38.7 Å². The lowest BCUT2D eigenvalue weighted by molar-refractivity contribution is 0.726. The Morgan fingerprint density at radius 1 is 1.22 bits per heavy atom. The van der Waals surface area contributed by atoms with Crippen molar-refractivity contribution in [2.75, 3.05) is 0 Å². The Labute approximate surface area is 121 Å². The van der Waals surface area contributed by atoms with Crippen LogP contribution in [-0.4, -0.2) is 4.98 Å². The zero-order chi connectivity index (χ0) is 13.0. The molecule has 0 spiro atoms. The maximum absolute atomic E-state index is 4.58. The van der Waals surface area contributed by atoms with Crippen LogP contribution in [0.3, 0.4) is 0 Å². The Bertz CT molecular complexity index is 473. The minimum atomic E-state index is 0.459. The second-order valence-electron chi connectivity index (χ2n) is 4.52. The number of nitrogens with zero attached hydrogens (tertiary/aromatic N) is 1. The largest absolute Gasteiger partial charge is 0.246 e. The van der Waals surface area contributed by atoms with Gasteiger partial charge in [0.15, 0.2) is 0 Å². The molecule has 3 heteroatoms. The Balaban J connectivity index is 1.82. The normalized spacial score (nSPS) is 12.6. The molecule has 0 bridgehead atoms. The summed E-state index contributed by atoms with van der Waals surface area (Å²) in [7, 11) is 0. The number of hydrogen-bond acceptors (Lipinski definition) is 2. The number of alkyl halides is 1. The van der Waals surface area contributed by atoms with Crippen LogP contribution in [-0.2, 0) is 6.42 Å². The molecule has 0 fully saturated rings. The molecule has 18 heavy (non-hydrogen) atoms. The highest BCUT2D eigenvalue weighted by molar-refractivity contribution is 9.09. The highest BCUT2D eigenvalue weighted by Crippen LogP contribution is 2.28. The monoisotopic (exact) mass is 323 g/mol. The molecular formula is C15H18BrNS. The first-order valence-corrected chi connectivity index (χ1v) is 8.02. The average molecular weight is 324 g/mol. The van der Waals surface area contributed by atoms with Crippen LogP contribution >= 0.6 is 27.3 Å². The summed E-state index contributed by atoms with van der Waals surface area (Å²) >= 11 is 5.60. The van der Waals surface area contributed by atoms with E-state index in [4.69, 9.17) is 0 Å². The van der Waals surface area contributed by atoms with E-state index in [2.05, 4.69) is 65.1 Å². The molecule has 1 unspecified atom stereocenters. The number of benzene rings is 1. The number of rotatable bonds is 5. The highest BCUT2D eigenvalue weighted by atomic mass is 79.9. The van der Waals surface area contributed by atoms with Gasteiger partial charge in [-0.1, -0.05) is 46.3 Å². The smallest absolute Gasteiger partial charge is 0.0930 e. The molecule has 1 nitrogen and oxygen atoms in total. The standard InChI is InChI=1S/C15H18BrNS/c1-11-12(2)18-15(17-11)10-6-9-14(16)13-7-4-3-5-8-13/h3-5,7-8,14H,6,9-10H2,1-2H3. The number of aromatic nitrogens is 1. The molecule has 0 aliphatic carbocycles. The van der Waals surface area contributed by atoms with Gasteiger partial charge in [0.1, 0.15) is 0 Å². The van der Waals surface area contributed by atoms with Gasteiger partial charge in [-0.25, -0.2) is 4.98 Å². The van der Waals surface area contributed by atoms with Gasteiger partial charge in [-0.15, -0.1) is 11.3 Å². The van der Waals surface area contributed by atoms with Gasteiger partial charge in [-0.3, -0.25) is 0 Å².